The minimum absolute atomic E-state index is 0.0679. The predicted octanol–water partition coefficient (Wildman–Crippen LogP) is 23.4. The second kappa shape index (κ2) is 76.1. The Morgan fingerprint density at radius 1 is 0.279 bits per heavy atom. The zero-order valence-electron chi connectivity index (χ0n) is 64.9. The molecule has 3 N–H and O–H groups in total. The Bertz CT molecular complexity index is 2540. The second-order valence-electron chi connectivity index (χ2n) is 26.2. The van der Waals surface area contributed by atoms with Crippen LogP contribution in [0.4, 0.5) is 0 Å². The van der Waals surface area contributed by atoms with E-state index in [4.69, 9.17) is 37.0 Å². The molecular weight excluding hydrogens is 1350 g/mol. The number of carbonyl (C=O) groups is 4. The number of aliphatic hydroxyl groups is 1. The monoisotopic (exact) mass is 1500 g/mol. The number of aliphatic hydroxyl groups excluding tert-OH is 1. The molecule has 0 aromatic carbocycles. The quantitative estimate of drug-likeness (QED) is 0.0169. The zero-order valence-corrected chi connectivity index (χ0v) is 66.7. The van der Waals surface area contributed by atoms with E-state index in [2.05, 4.69) is 174 Å². The summed E-state index contributed by atoms with van der Waals surface area (Å²) in [5.74, 6) is -2.27. The van der Waals surface area contributed by atoms with E-state index in [0.29, 0.717) is 25.7 Å². The van der Waals surface area contributed by atoms with E-state index in [1.165, 1.54) is 57.8 Å². The zero-order chi connectivity index (χ0) is 76.0. The molecule has 0 bridgehead atoms. The number of phosphoric acid groups is 2. The van der Waals surface area contributed by atoms with Gasteiger partial charge in [0.1, 0.15) is 19.3 Å². The smallest absolute Gasteiger partial charge is 0.462 e. The Morgan fingerprint density at radius 2 is 0.500 bits per heavy atom. The molecule has 0 heterocycles. The molecule has 0 fully saturated rings. The fraction of sp³-hybridized carbons (Fsp3) is 0.671. The molecule has 0 amide bonds. The van der Waals surface area contributed by atoms with Gasteiger partial charge in [-0.1, -0.05) is 283 Å². The lowest BCUT2D eigenvalue weighted by molar-refractivity contribution is -0.161. The summed E-state index contributed by atoms with van der Waals surface area (Å²) in [6, 6.07) is 0. The summed E-state index contributed by atoms with van der Waals surface area (Å²) in [7, 11) is -9.98. The highest BCUT2D eigenvalue weighted by Crippen LogP contribution is 2.45. The number of rotatable bonds is 74. The van der Waals surface area contributed by atoms with Crippen LogP contribution in [0.5, 0.6) is 0 Å². The van der Waals surface area contributed by atoms with E-state index in [9.17, 15) is 43.2 Å². The van der Waals surface area contributed by atoms with Gasteiger partial charge in [0, 0.05) is 25.7 Å². The average molecular weight is 1500 g/mol. The molecule has 0 rings (SSSR count). The summed E-state index contributed by atoms with van der Waals surface area (Å²) >= 11 is 0. The van der Waals surface area contributed by atoms with Crippen LogP contribution in [0.3, 0.4) is 0 Å². The Labute approximate surface area is 630 Å². The van der Waals surface area contributed by atoms with Gasteiger partial charge >= 0.3 is 39.5 Å². The molecule has 0 aliphatic rings. The van der Waals surface area contributed by atoms with Gasteiger partial charge in [-0.2, -0.15) is 0 Å². The Balaban J connectivity index is 5.42. The molecular formula is C85H142O17P2. The predicted molar refractivity (Wildman–Crippen MR) is 427 cm³/mol. The van der Waals surface area contributed by atoms with E-state index in [0.717, 1.165) is 173 Å². The van der Waals surface area contributed by atoms with Crippen molar-refractivity contribution in [2.75, 3.05) is 39.6 Å². The number of hydrogen-bond donors (Lipinski definition) is 3. The summed E-state index contributed by atoms with van der Waals surface area (Å²) in [6.07, 6.45) is 86.9. The van der Waals surface area contributed by atoms with Gasteiger partial charge in [-0.3, -0.25) is 37.3 Å². The average Bonchev–Trinajstić information content (AvgIpc) is 0.928. The van der Waals surface area contributed by atoms with Crippen molar-refractivity contribution in [1.82, 2.24) is 0 Å². The lowest BCUT2D eigenvalue weighted by atomic mass is 10.1. The number of allylic oxidation sites excluding steroid dienone is 24. The van der Waals surface area contributed by atoms with Crippen molar-refractivity contribution < 1.29 is 80.2 Å². The summed E-state index contributed by atoms with van der Waals surface area (Å²) in [5, 5.41) is 10.6. The fourth-order valence-corrected chi connectivity index (χ4v) is 11.8. The van der Waals surface area contributed by atoms with Crippen molar-refractivity contribution in [3.8, 4) is 0 Å². The molecule has 0 aliphatic heterocycles. The van der Waals surface area contributed by atoms with Crippen LogP contribution < -0.4 is 0 Å². The van der Waals surface area contributed by atoms with Gasteiger partial charge in [-0.15, -0.1) is 0 Å². The molecule has 19 heteroatoms. The van der Waals surface area contributed by atoms with Crippen molar-refractivity contribution in [2.45, 2.75) is 329 Å². The van der Waals surface area contributed by atoms with Crippen LogP contribution in [0.15, 0.2) is 146 Å². The highest BCUT2D eigenvalue weighted by molar-refractivity contribution is 7.47. The maximum Gasteiger partial charge on any atom is 0.472 e. The molecule has 104 heavy (non-hydrogen) atoms. The Kier molecular flexibility index (Phi) is 72.4. The standard InChI is InChI=1S/C85H142O17P2/c1-5-9-13-17-21-25-29-32-35-37-39-41-44-47-51-54-58-62-66-70-83(88)96-76-81(102-85(90)72-68-64-60-56-52-48-45-42-40-38-36-33-30-26-22-18-14-10-6-2)78-100-104(93,94)98-74-79(86)73-97-103(91,92)99-77-80(101-84(89)71-67-63-59-55-49-28-24-20-16-12-8-4)75-95-82(87)69-65-61-57-53-50-46-43-34-31-27-23-19-15-11-7-3/h9,11,13,15,21-23,25-27,32-36,39-43,47,50-51,53,79-81,86H,5-8,10,12,14,16-20,24,28-31,37-38,44-46,48-49,52,54-78H2,1-4H3,(H,91,92)(H,93,94)/b13-9-,15-11-,25-21-,26-22-,27-23-,35-32-,36-33-,41-39-,42-40-,43-34-,51-47-,53-50-. The molecule has 0 spiro atoms. The van der Waals surface area contributed by atoms with E-state index in [-0.39, 0.29) is 25.7 Å². The number of hydrogen-bond acceptors (Lipinski definition) is 15. The van der Waals surface area contributed by atoms with E-state index in [1.807, 2.05) is 0 Å². The number of esters is 4. The van der Waals surface area contributed by atoms with E-state index < -0.39 is 97.5 Å². The molecule has 5 unspecified atom stereocenters. The van der Waals surface area contributed by atoms with Gasteiger partial charge in [-0.25, -0.2) is 9.13 Å². The molecule has 0 aromatic rings. The fourth-order valence-electron chi connectivity index (χ4n) is 10.2. The van der Waals surface area contributed by atoms with Crippen LogP contribution in [0, 0.1) is 0 Å². The maximum atomic E-state index is 13.1. The van der Waals surface area contributed by atoms with Crippen molar-refractivity contribution >= 4 is 39.5 Å². The largest absolute Gasteiger partial charge is 0.472 e. The Hall–Kier alpha value is -5.06. The highest BCUT2D eigenvalue weighted by atomic mass is 31.2. The van der Waals surface area contributed by atoms with Crippen molar-refractivity contribution in [2.24, 2.45) is 0 Å². The highest BCUT2D eigenvalue weighted by Gasteiger charge is 2.30. The third-order valence-corrected chi connectivity index (χ3v) is 18.2. The van der Waals surface area contributed by atoms with Gasteiger partial charge in [0.2, 0.25) is 0 Å². The summed E-state index contributed by atoms with van der Waals surface area (Å²) in [5.41, 5.74) is 0. The van der Waals surface area contributed by atoms with Crippen molar-refractivity contribution in [3.05, 3.63) is 146 Å². The maximum absolute atomic E-state index is 13.1. The normalized spacial score (nSPS) is 14.6. The van der Waals surface area contributed by atoms with Gasteiger partial charge in [0.05, 0.1) is 26.4 Å². The number of ether oxygens (including phenoxy) is 4. The van der Waals surface area contributed by atoms with Gasteiger partial charge in [-0.05, 0) is 148 Å². The minimum Gasteiger partial charge on any atom is -0.462 e. The SMILES string of the molecule is CC/C=C\C/C=C\C/C=C\C/C=C\C/C=C\CCCCCC(=O)OCC(COP(=O)(O)OCC(O)COP(=O)(O)OCC(COC(=O)CCCC/C=C\C/C=C\C/C=C\C/C=C\CC)OC(=O)CCCCCCCCCCCCC)OC(=O)CCCCCCCC/C=C\C/C=C\C/C=C\CCCCC. The molecule has 0 aromatic heterocycles. The van der Waals surface area contributed by atoms with Gasteiger partial charge in [0.15, 0.2) is 12.2 Å². The molecule has 0 saturated carbocycles. The van der Waals surface area contributed by atoms with Crippen LogP contribution in [-0.4, -0.2) is 96.7 Å². The van der Waals surface area contributed by atoms with Gasteiger partial charge in [0.25, 0.3) is 0 Å². The first kappa shape index (κ1) is 98.9. The summed E-state index contributed by atoms with van der Waals surface area (Å²) < 4.78 is 68.5. The molecule has 0 saturated heterocycles. The first-order chi connectivity index (χ1) is 50.7. The number of phosphoric ester groups is 2. The first-order valence-electron chi connectivity index (χ1n) is 40.1. The third-order valence-electron chi connectivity index (χ3n) is 16.3. The molecule has 5 atom stereocenters. The lowest BCUT2D eigenvalue weighted by Crippen LogP contribution is -2.30. The Morgan fingerprint density at radius 3 is 0.817 bits per heavy atom. The van der Waals surface area contributed by atoms with Crippen LogP contribution in [0.2, 0.25) is 0 Å². The second-order valence-corrected chi connectivity index (χ2v) is 29.2. The van der Waals surface area contributed by atoms with Gasteiger partial charge < -0.3 is 33.8 Å². The molecule has 0 radical (unpaired) electrons. The number of carbonyl (C=O) groups excluding carboxylic acids is 4. The van der Waals surface area contributed by atoms with E-state index in [1.54, 1.807) is 0 Å². The van der Waals surface area contributed by atoms with Crippen LogP contribution in [0.25, 0.3) is 0 Å². The van der Waals surface area contributed by atoms with Crippen molar-refractivity contribution in [1.29, 1.82) is 0 Å². The first-order valence-corrected chi connectivity index (χ1v) is 43.1. The summed E-state index contributed by atoms with van der Waals surface area (Å²) in [4.78, 5) is 73.0. The van der Waals surface area contributed by atoms with Crippen LogP contribution >= 0.6 is 15.6 Å². The van der Waals surface area contributed by atoms with E-state index >= 15 is 0 Å². The topological polar surface area (TPSA) is 237 Å². The molecule has 594 valence electrons. The van der Waals surface area contributed by atoms with Crippen LogP contribution in [-0.2, 0) is 65.4 Å². The third kappa shape index (κ3) is 75.2. The van der Waals surface area contributed by atoms with Crippen LogP contribution in [0.1, 0.15) is 310 Å². The number of unbranched alkanes of at least 4 members (excludes halogenated alkanes) is 24. The summed E-state index contributed by atoms with van der Waals surface area (Å²) in [6.45, 7) is 4.52. The molecule has 17 nitrogen and oxygen atoms in total. The molecule has 0 aliphatic carbocycles. The minimum atomic E-state index is -5.00. The van der Waals surface area contributed by atoms with Crippen molar-refractivity contribution in [3.63, 3.8) is 0 Å². The lowest BCUT2D eigenvalue weighted by Gasteiger charge is -2.21.